The number of likely N-dealkylation sites (tertiary alicyclic amines) is 1. The van der Waals surface area contributed by atoms with E-state index in [4.69, 9.17) is 0 Å². The molecule has 0 bridgehead atoms. The van der Waals surface area contributed by atoms with Crippen LogP contribution in [0.15, 0.2) is 59.3 Å². The van der Waals surface area contributed by atoms with Crippen molar-refractivity contribution in [2.24, 2.45) is 0 Å². The Morgan fingerprint density at radius 1 is 1.12 bits per heavy atom. The first-order chi connectivity index (χ1) is 15.3. The Morgan fingerprint density at radius 3 is 2.38 bits per heavy atom. The lowest BCUT2D eigenvalue weighted by Gasteiger charge is -2.41. The lowest BCUT2D eigenvalue weighted by molar-refractivity contribution is -0.133. The summed E-state index contributed by atoms with van der Waals surface area (Å²) in [6.45, 7) is 0.884. The highest BCUT2D eigenvalue weighted by molar-refractivity contribution is 7.17. The third-order valence-electron chi connectivity index (χ3n) is 5.70. The standard InChI is InChI=1S/C22H19F2N4O3P/c23-22(24,32)31-16-6-4-13(5-7-16)17-12-28(21(30)19-18(17)25-8-9-26-19)15-10-27(11-15)20(29)14-2-1-3-14/h2,4-9,12,15H,1,3,10-11,32H2. The average Bonchev–Trinajstić information content (AvgIpc) is 2.67. The Kier molecular flexibility index (Phi) is 5.01. The third kappa shape index (κ3) is 3.77. The van der Waals surface area contributed by atoms with Gasteiger partial charge in [0, 0.05) is 42.8 Å². The predicted octanol–water partition coefficient (Wildman–Crippen LogP) is 3.37. The summed E-state index contributed by atoms with van der Waals surface area (Å²) in [5.74, 6) is -3.32. The van der Waals surface area contributed by atoms with Crippen LogP contribution >= 0.6 is 9.24 Å². The largest absolute Gasteiger partial charge is 0.430 e. The van der Waals surface area contributed by atoms with Gasteiger partial charge in [-0.2, -0.15) is 8.78 Å². The quantitative estimate of drug-likeness (QED) is 0.551. The van der Waals surface area contributed by atoms with Crippen LogP contribution in [-0.4, -0.2) is 44.3 Å². The van der Waals surface area contributed by atoms with Gasteiger partial charge in [-0.15, -0.1) is 0 Å². The number of ether oxygens (including phenoxy) is 1. The first-order valence-corrected chi connectivity index (χ1v) is 10.7. The number of rotatable bonds is 5. The molecule has 0 radical (unpaired) electrons. The topological polar surface area (TPSA) is 77.3 Å². The molecule has 0 saturated carbocycles. The summed E-state index contributed by atoms with van der Waals surface area (Å²) in [7, 11) is 1.33. The molecule has 3 aromatic rings. The summed E-state index contributed by atoms with van der Waals surface area (Å²) in [6, 6.07) is 5.95. The number of aromatic nitrogens is 3. The smallest absolute Gasteiger partial charge is 0.408 e. The normalized spacial score (nSPS) is 16.3. The number of hydrogen-bond donors (Lipinski definition) is 0. The maximum absolute atomic E-state index is 13.1. The van der Waals surface area contributed by atoms with E-state index < -0.39 is 5.85 Å². The number of allylic oxidation sites excluding steroid dienone is 1. The molecule has 10 heteroatoms. The minimum Gasteiger partial charge on any atom is -0.430 e. The van der Waals surface area contributed by atoms with Gasteiger partial charge in [0.25, 0.3) is 5.56 Å². The molecule has 5 rings (SSSR count). The number of carbonyl (C=O) groups is 1. The summed E-state index contributed by atoms with van der Waals surface area (Å²) in [5, 5.41) is 0. The predicted molar refractivity (Wildman–Crippen MR) is 117 cm³/mol. The monoisotopic (exact) mass is 456 g/mol. The number of halogens is 2. The van der Waals surface area contributed by atoms with Crippen molar-refractivity contribution in [1.29, 1.82) is 0 Å². The molecule has 1 unspecified atom stereocenters. The van der Waals surface area contributed by atoms with Gasteiger partial charge in [0.2, 0.25) is 5.91 Å². The van der Waals surface area contributed by atoms with Gasteiger partial charge in [0.1, 0.15) is 11.3 Å². The van der Waals surface area contributed by atoms with Gasteiger partial charge in [-0.1, -0.05) is 18.2 Å². The van der Waals surface area contributed by atoms with E-state index in [9.17, 15) is 18.4 Å². The van der Waals surface area contributed by atoms with Gasteiger partial charge in [-0.3, -0.25) is 14.6 Å². The highest BCUT2D eigenvalue weighted by Crippen LogP contribution is 2.32. The summed E-state index contributed by atoms with van der Waals surface area (Å²) < 4.78 is 32.3. The van der Waals surface area contributed by atoms with Crippen LogP contribution in [0.5, 0.6) is 5.75 Å². The first-order valence-electron chi connectivity index (χ1n) is 10.1. The second-order valence-corrected chi connectivity index (χ2v) is 8.50. The van der Waals surface area contributed by atoms with Gasteiger partial charge in [0.15, 0.2) is 5.52 Å². The molecule has 7 nitrogen and oxygen atoms in total. The van der Waals surface area contributed by atoms with Crippen molar-refractivity contribution in [3.05, 3.63) is 64.9 Å². The molecular weight excluding hydrogens is 437 g/mol. The average molecular weight is 456 g/mol. The number of nitrogens with zero attached hydrogens (tertiary/aromatic N) is 4. The van der Waals surface area contributed by atoms with E-state index in [0.29, 0.717) is 29.7 Å². The molecule has 2 aromatic heterocycles. The fourth-order valence-corrected chi connectivity index (χ4v) is 4.03. The molecule has 1 aliphatic carbocycles. The maximum Gasteiger partial charge on any atom is 0.408 e. The number of alkyl halides is 2. The molecule has 0 spiro atoms. The number of benzene rings is 1. The van der Waals surface area contributed by atoms with Gasteiger partial charge in [-0.05, 0) is 39.8 Å². The minimum absolute atomic E-state index is 0.0101. The minimum atomic E-state index is -3.37. The number of pyridine rings is 1. The van der Waals surface area contributed by atoms with E-state index in [0.717, 1.165) is 18.4 Å². The lowest BCUT2D eigenvalue weighted by Crippen LogP contribution is -2.53. The zero-order chi connectivity index (χ0) is 22.5. The van der Waals surface area contributed by atoms with Crippen LogP contribution in [0.1, 0.15) is 18.9 Å². The first kappa shape index (κ1) is 20.7. The molecule has 3 heterocycles. The van der Waals surface area contributed by atoms with Crippen LogP contribution in [0, 0.1) is 0 Å². The highest BCUT2D eigenvalue weighted by atomic mass is 31.0. The van der Waals surface area contributed by atoms with Crippen molar-refractivity contribution in [2.75, 3.05) is 13.1 Å². The number of carbonyl (C=O) groups excluding carboxylic acids is 1. The molecule has 1 amide bonds. The van der Waals surface area contributed by atoms with Crippen molar-refractivity contribution in [2.45, 2.75) is 24.7 Å². The van der Waals surface area contributed by atoms with E-state index in [2.05, 4.69) is 14.7 Å². The summed E-state index contributed by atoms with van der Waals surface area (Å²) >= 11 is 0. The summed E-state index contributed by atoms with van der Waals surface area (Å²) in [4.78, 5) is 35.7. The molecule has 1 atom stereocenters. The summed E-state index contributed by atoms with van der Waals surface area (Å²) in [5.41, 5.74) is 2.51. The van der Waals surface area contributed by atoms with Crippen LogP contribution in [0.2, 0.25) is 0 Å². The van der Waals surface area contributed by atoms with Gasteiger partial charge < -0.3 is 14.2 Å². The Labute approximate surface area is 183 Å². The number of hydrogen-bond acceptors (Lipinski definition) is 5. The van der Waals surface area contributed by atoms with E-state index in [-0.39, 0.29) is 28.8 Å². The van der Waals surface area contributed by atoms with Gasteiger partial charge >= 0.3 is 5.85 Å². The molecule has 32 heavy (non-hydrogen) atoms. The number of amides is 1. The van der Waals surface area contributed by atoms with Crippen LogP contribution in [0.3, 0.4) is 0 Å². The van der Waals surface area contributed by atoms with E-state index in [1.54, 1.807) is 27.8 Å². The Hall–Kier alpha value is -3.19. The molecule has 1 aromatic carbocycles. The Morgan fingerprint density at radius 2 is 1.78 bits per heavy atom. The van der Waals surface area contributed by atoms with Crippen LogP contribution < -0.4 is 10.3 Å². The molecule has 0 N–H and O–H groups in total. The highest BCUT2D eigenvalue weighted by Gasteiger charge is 2.35. The third-order valence-corrected chi connectivity index (χ3v) is 5.82. The second-order valence-electron chi connectivity index (χ2n) is 7.83. The van der Waals surface area contributed by atoms with Crippen LogP contribution in [-0.2, 0) is 4.79 Å². The maximum atomic E-state index is 13.1. The fourth-order valence-electron chi connectivity index (χ4n) is 3.90. The zero-order valence-electron chi connectivity index (χ0n) is 16.9. The van der Waals surface area contributed by atoms with Crippen molar-refractivity contribution < 1.29 is 18.3 Å². The molecule has 1 fully saturated rings. The number of fused-ring (bicyclic) bond motifs is 1. The van der Waals surface area contributed by atoms with Crippen molar-refractivity contribution in [3.63, 3.8) is 0 Å². The Bertz CT molecular complexity index is 1300. The van der Waals surface area contributed by atoms with Crippen molar-refractivity contribution in [1.82, 2.24) is 19.4 Å². The van der Waals surface area contributed by atoms with Crippen molar-refractivity contribution in [3.8, 4) is 16.9 Å². The van der Waals surface area contributed by atoms with Crippen LogP contribution in [0.25, 0.3) is 22.2 Å². The lowest BCUT2D eigenvalue weighted by atomic mass is 9.95. The summed E-state index contributed by atoms with van der Waals surface area (Å²) in [6.07, 6.45) is 8.33. The van der Waals surface area contributed by atoms with E-state index >= 15 is 0 Å². The van der Waals surface area contributed by atoms with Crippen LogP contribution in [0.4, 0.5) is 8.78 Å². The van der Waals surface area contributed by atoms with E-state index in [1.165, 1.54) is 33.8 Å². The molecule has 1 saturated heterocycles. The molecule has 164 valence electrons. The van der Waals surface area contributed by atoms with Gasteiger partial charge in [0.05, 0.1) is 6.04 Å². The zero-order valence-corrected chi connectivity index (χ0v) is 18.0. The fraction of sp³-hybridized carbons (Fsp3) is 0.273. The van der Waals surface area contributed by atoms with Gasteiger partial charge in [-0.25, -0.2) is 4.98 Å². The Balaban J connectivity index is 1.49. The molecular formula is C22H19F2N4O3P. The SMILES string of the molecule is O=C(C1=CCC1)N1CC(n2cc(-c3ccc(OC(F)(F)P)cc3)c3nccnc3c2=O)C1. The molecule has 2 aliphatic rings. The molecule has 1 aliphatic heterocycles. The van der Waals surface area contributed by atoms with E-state index in [1.807, 2.05) is 6.08 Å². The van der Waals surface area contributed by atoms with Crippen molar-refractivity contribution >= 4 is 26.2 Å². The second kappa shape index (κ2) is 7.74.